The summed E-state index contributed by atoms with van der Waals surface area (Å²) in [6.07, 6.45) is -3.23. The van der Waals surface area contributed by atoms with Crippen molar-refractivity contribution in [2.75, 3.05) is 6.54 Å². The van der Waals surface area contributed by atoms with Crippen LogP contribution in [0.5, 0.6) is 0 Å². The van der Waals surface area contributed by atoms with Gasteiger partial charge in [0.25, 0.3) is 0 Å². The molecule has 1 nitrogen and oxygen atoms in total. The van der Waals surface area contributed by atoms with Crippen molar-refractivity contribution in [2.24, 2.45) is 4.99 Å². The Kier molecular flexibility index (Phi) is 3.85. The summed E-state index contributed by atoms with van der Waals surface area (Å²) in [4.78, 5) is 3.35. The quantitative estimate of drug-likeness (QED) is 0.450. The lowest BCUT2D eigenvalue weighted by atomic mass is 10.2. The van der Waals surface area contributed by atoms with Crippen LogP contribution < -0.4 is 0 Å². The van der Waals surface area contributed by atoms with Crippen LogP contribution in [-0.4, -0.2) is 19.4 Å². The number of rotatable bonds is 3. The standard InChI is InChI=1S/C7H10F3N/c1-3-6(4-5-11-2)7(8,9)10/h3H,2,4-5H2,1H3. The summed E-state index contributed by atoms with van der Waals surface area (Å²) >= 11 is 0. The Morgan fingerprint density at radius 3 is 2.36 bits per heavy atom. The predicted octanol–water partition coefficient (Wildman–Crippen LogP) is 2.59. The number of hydrogen-bond donors (Lipinski definition) is 0. The van der Waals surface area contributed by atoms with Gasteiger partial charge < -0.3 is 4.99 Å². The van der Waals surface area contributed by atoms with Crippen LogP contribution in [0.15, 0.2) is 16.6 Å². The average molecular weight is 165 g/mol. The maximum Gasteiger partial charge on any atom is 0.412 e. The Labute approximate surface area is 63.6 Å². The van der Waals surface area contributed by atoms with E-state index in [1.807, 2.05) is 0 Å². The molecule has 0 atom stereocenters. The van der Waals surface area contributed by atoms with Crippen LogP contribution in [-0.2, 0) is 0 Å². The number of hydrogen-bond acceptors (Lipinski definition) is 1. The van der Waals surface area contributed by atoms with E-state index >= 15 is 0 Å². The van der Waals surface area contributed by atoms with Gasteiger partial charge in [0, 0.05) is 12.1 Å². The first-order valence-electron chi connectivity index (χ1n) is 3.17. The third-order valence-corrected chi connectivity index (χ3v) is 1.25. The first-order valence-corrected chi connectivity index (χ1v) is 3.17. The molecule has 0 saturated heterocycles. The number of halogens is 3. The Morgan fingerprint density at radius 2 is 2.09 bits per heavy atom. The first kappa shape index (κ1) is 10.2. The van der Waals surface area contributed by atoms with Gasteiger partial charge in [0.2, 0.25) is 0 Å². The summed E-state index contributed by atoms with van der Waals surface area (Å²) in [5, 5.41) is 0. The highest BCUT2D eigenvalue weighted by atomic mass is 19.4. The molecule has 0 rings (SSSR count). The molecule has 0 saturated carbocycles. The molecule has 0 radical (unpaired) electrons. The molecule has 0 aliphatic rings. The lowest BCUT2D eigenvalue weighted by Gasteiger charge is -2.08. The fourth-order valence-electron chi connectivity index (χ4n) is 0.649. The van der Waals surface area contributed by atoms with Crippen molar-refractivity contribution in [3.63, 3.8) is 0 Å². The largest absolute Gasteiger partial charge is 0.412 e. The SMILES string of the molecule is C=NCCC(=CC)C(F)(F)F. The Bertz CT molecular complexity index is 158. The van der Waals surface area contributed by atoms with Gasteiger partial charge in [0.1, 0.15) is 0 Å². The van der Waals surface area contributed by atoms with Crippen molar-refractivity contribution in [1.29, 1.82) is 0 Å². The zero-order valence-corrected chi connectivity index (χ0v) is 6.28. The molecule has 0 aliphatic carbocycles. The van der Waals surface area contributed by atoms with Gasteiger partial charge in [-0.2, -0.15) is 13.2 Å². The van der Waals surface area contributed by atoms with E-state index in [1.54, 1.807) is 0 Å². The lowest BCUT2D eigenvalue weighted by molar-refractivity contribution is -0.0938. The van der Waals surface area contributed by atoms with E-state index in [4.69, 9.17) is 0 Å². The van der Waals surface area contributed by atoms with Crippen molar-refractivity contribution in [3.05, 3.63) is 11.6 Å². The molecule has 4 heteroatoms. The highest BCUT2D eigenvalue weighted by Crippen LogP contribution is 2.27. The van der Waals surface area contributed by atoms with Gasteiger partial charge in [-0.15, -0.1) is 0 Å². The summed E-state index contributed by atoms with van der Waals surface area (Å²) in [5.41, 5.74) is -0.537. The van der Waals surface area contributed by atoms with Crippen LogP contribution in [0.25, 0.3) is 0 Å². The third-order valence-electron chi connectivity index (χ3n) is 1.25. The zero-order valence-electron chi connectivity index (χ0n) is 6.28. The molecule has 0 aromatic carbocycles. The van der Waals surface area contributed by atoms with Crippen molar-refractivity contribution in [2.45, 2.75) is 19.5 Å². The highest BCUT2D eigenvalue weighted by molar-refractivity contribution is 5.23. The van der Waals surface area contributed by atoms with Crippen LogP contribution in [0.2, 0.25) is 0 Å². The van der Waals surface area contributed by atoms with Gasteiger partial charge in [-0.05, 0) is 20.1 Å². The Balaban J connectivity index is 4.09. The van der Waals surface area contributed by atoms with Crippen LogP contribution >= 0.6 is 0 Å². The monoisotopic (exact) mass is 165 g/mol. The Hall–Kier alpha value is -0.800. The fourth-order valence-corrected chi connectivity index (χ4v) is 0.649. The van der Waals surface area contributed by atoms with Gasteiger partial charge in [0.15, 0.2) is 0 Å². The highest BCUT2D eigenvalue weighted by Gasteiger charge is 2.31. The molecule has 0 heterocycles. The minimum Gasteiger partial charge on any atom is -0.301 e. The van der Waals surface area contributed by atoms with Crippen molar-refractivity contribution < 1.29 is 13.2 Å². The van der Waals surface area contributed by atoms with Crippen molar-refractivity contribution >= 4 is 6.72 Å². The molecule has 0 aromatic heterocycles. The third kappa shape index (κ3) is 3.80. The van der Waals surface area contributed by atoms with Crippen LogP contribution in [0.3, 0.4) is 0 Å². The second-order valence-corrected chi connectivity index (χ2v) is 2.01. The molecule has 0 aliphatic heterocycles. The molecule has 0 aromatic rings. The van der Waals surface area contributed by atoms with Gasteiger partial charge >= 0.3 is 6.18 Å². The number of aliphatic imine (C=N–C) groups is 1. The fraction of sp³-hybridized carbons (Fsp3) is 0.571. The Morgan fingerprint density at radius 1 is 1.55 bits per heavy atom. The zero-order chi connectivity index (χ0) is 8.91. The first-order chi connectivity index (χ1) is 5.02. The van der Waals surface area contributed by atoms with Crippen LogP contribution in [0.1, 0.15) is 13.3 Å². The van der Waals surface area contributed by atoms with Gasteiger partial charge in [-0.1, -0.05) is 6.08 Å². The summed E-state index contributed by atoms with van der Waals surface area (Å²) in [6, 6.07) is 0. The van der Waals surface area contributed by atoms with Crippen molar-refractivity contribution in [3.8, 4) is 0 Å². The van der Waals surface area contributed by atoms with Gasteiger partial charge in [-0.3, -0.25) is 0 Å². The molecular formula is C7H10F3N. The molecule has 0 bridgehead atoms. The smallest absolute Gasteiger partial charge is 0.301 e. The molecule has 11 heavy (non-hydrogen) atoms. The summed E-state index contributed by atoms with van der Waals surface area (Å²) in [7, 11) is 0. The molecule has 0 unspecified atom stereocenters. The second-order valence-electron chi connectivity index (χ2n) is 2.01. The molecule has 0 amide bonds. The lowest BCUT2D eigenvalue weighted by Crippen LogP contribution is -2.12. The maximum atomic E-state index is 11.9. The van der Waals surface area contributed by atoms with Gasteiger partial charge in [-0.25, -0.2) is 0 Å². The predicted molar refractivity (Wildman–Crippen MR) is 38.8 cm³/mol. The van der Waals surface area contributed by atoms with E-state index in [1.165, 1.54) is 6.92 Å². The topological polar surface area (TPSA) is 12.4 Å². The number of alkyl halides is 3. The summed E-state index contributed by atoms with van der Waals surface area (Å²) in [6.45, 7) is 4.60. The average Bonchev–Trinajstić information content (AvgIpc) is 1.87. The van der Waals surface area contributed by atoms with E-state index in [0.717, 1.165) is 6.08 Å². The number of allylic oxidation sites excluding steroid dienone is 1. The summed E-state index contributed by atoms with van der Waals surface area (Å²) < 4.78 is 35.7. The van der Waals surface area contributed by atoms with E-state index < -0.39 is 11.7 Å². The molecule has 0 spiro atoms. The van der Waals surface area contributed by atoms with Crippen LogP contribution in [0.4, 0.5) is 13.2 Å². The van der Waals surface area contributed by atoms with E-state index in [0.29, 0.717) is 0 Å². The molecular weight excluding hydrogens is 155 g/mol. The van der Waals surface area contributed by atoms with E-state index in [-0.39, 0.29) is 13.0 Å². The molecule has 0 N–H and O–H groups in total. The van der Waals surface area contributed by atoms with Gasteiger partial charge in [0.05, 0.1) is 0 Å². The minimum absolute atomic E-state index is 0.0799. The summed E-state index contributed by atoms with van der Waals surface area (Å²) in [5.74, 6) is 0. The molecule has 0 fully saturated rings. The second kappa shape index (κ2) is 4.16. The van der Waals surface area contributed by atoms with Crippen molar-refractivity contribution in [1.82, 2.24) is 0 Å². The van der Waals surface area contributed by atoms with E-state index in [2.05, 4.69) is 11.7 Å². The number of nitrogens with zero attached hydrogens (tertiary/aromatic N) is 1. The minimum atomic E-state index is -4.21. The van der Waals surface area contributed by atoms with E-state index in [9.17, 15) is 13.2 Å². The van der Waals surface area contributed by atoms with Crippen LogP contribution in [0, 0.1) is 0 Å². The molecule has 64 valence electrons. The normalized spacial score (nSPS) is 13.3. The maximum absolute atomic E-state index is 11.9.